The lowest BCUT2D eigenvalue weighted by molar-refractivity contribution is -0.139. The summed E-state index contributed by atoms with van der Waals surface area (Å²) in [6.45, 7) is 4.94. The molecule has 0 spiro atoms. The van der Waals surface area contributed by atoms with Crippen molar-refractivity contribution < 1.29 is 19.1 Å². The van der Waals surface area contributed by atoms with Crippen LogP contribution < -0.4 is 4.90 Å². The average molecular weight is 344 g/mol. The molecule has 1 aromatic rings. The van der Waals surface area contributed by atoms with Gasteiger partial charge in [-0.25, -0.2) is 4.79 Å². The highest BCUT2D eigenvalue weighted by Crippen LogP contribution is 2.33. The molecule has 2 saturated heterocycles. The van der Waals surface area contributed by atoms with Gasteiger partial charge in [0.15, 0.2) is 0 Å². The lowest BCUT2D eigenvalue weighted by Crippen LogP contribution is -2.44. The fourth-order valence-electron chi connectivity index (χ4n) is 3.98. The molecule has 0 N–H and O–H groups in total. The van der Waals surface area contributed by atoms with E-state index in [9.17, 15) is 9.59 Å². The van der Waals surface area contributed by atoms with Gasteiger partial charge >= 0.3 is 6.09 Å². The summed E-state index contributed by atoms with van der Waals surface area (Å²) >= 11 is 0. The minimum absolute atomic E-state index is 0.00154. The summed E-state index contributed by atoms with van der Waals surface area (Å²) in [6, 6.07) is 6.09. The van der Waals surface area contributed by atoms with E-state index in [1.807, 2.05) is 30.0 Å². The molecule has 3 aliphatic rings. The molecule has 6 heteroatoms. The molecule has 6 nitrogen and oxygen atoms in total. The van der Waals surface area contributed by atoms with Gasteiger partial charge in [-0.15, -0.1) is 0 Å². The maximum atomic E-state index is 13.0. The second-order valence-corrected chi connectivity index (χ2v) is 7.17. The Balaban J connectivity index is 1.64. The first-order valence-corrected chi connectivity index (χ1v) is 9.05. The van der Waals surface area contributed by atoms with Crippen LogP contribution in [0.15, 0.2) is 18.2 Å². The van der Waals surface area contributed by atoms with E-state index in [-0.39, 0.29) is 24.0 Å². The molecule has 3 aliphatic heterocycles. The monoisotopic (exact) mass is 344 g/mol. The van der Waals surface area contributed by atoms with Crippen LogP contribution in [0.25, 0.3) is 0 Å². The molecule has 0 saturated carbocycles. The third kappa shape index (κ3) is 3.11. The largest absolute Gasteiger partial charge is 0.447 e. The first kappa shape index (κ1) is 16.4. The third-order valence-electron chi connectivity index (χ3n) is 5.44. The van der Waals surface area contributed by atoms with Gasteiger partial charge in [0.2, 0.25) is 5.91 Å². The lowest BCUT2D eigenvalue weighted by atomic mass is 9.97. The molecular formula is C19H24N2O4. The molecule has 0 aliphatic carbocycles. The topological polar surface area (TPSA) is 59.1 Å². The van der Waals surface area contributed by atoms with Gasteiger partial charge in [0, 0.05) is 32.2 Å². The van der Waals surface area contributed by atoms with E-state index >= 15 is 0 Å². The molecule has 1 aromatic carbocycles. The molecule has 0 aromatic heterocycles. The molecule has 2 amide bonds. The molecule has 134 valence electrons. The van der Waals surface area contributed by atoms with Crippen molar-refractivity contribution in [2.45, 2.75) is 38.8 Å². The Bertz CT molecular complexity index is 684. The molecule has 3 heterocycles. The van der Waals surface area contributed by atoms with Gasteiger partial charge in [-0.1, -0.05) is 12.1 Å². The molecular weight excluding hydrogens is 320 g/mol. The molecule has 1 atom stereocenters. The van der Waals surface area contributed by atoms with Crippen LogP contribution in [-0.2, 0) is 20.8 Å². The van der Waals surface area contributed by atoms with Gasteiger partial charge in [0.25, 0.3) is 0 Å². The zero-order chi connectivity index (χ0) is 17.4. The first-order chi connectivity index (χ1) is 12.1. The van der Waals surface area contributed by atoms with Crippen LogP contribution in [0.3, 0.4) is 0 Å². The number of carbonyl (C=O) groups excluding carboxylic acids is 2. The van der Waals surface area contributed by atoms with Crippen LogP contribution in [0, 0.1) is 12.8 Å². The number of nitrogens with zero attached hydrogens (tertiary/aromatic N) is 2. The number of fused-ring (bicyclic) bond motifs is 3. The predicted octanol–water partition coefficient (Wildman–Crippen LogP) is 2.48. The van der Waals surface area contributed by atoms with Crippen LogP contribution in [0.2, 0.25) is 0 Å². The van der Waals surface area contributed by atoms with E-state index in [0.717, 1.165) is 36.1 Å². The van der Waals surface area contributed by atoms with E-state index in [0.29, 0.717) is 32.9 Å². The summed E-state index contributed by atoms with van der Waals surface area (Å²) in [7, 11) is 0. The van der Waals surface area contributed by atoms with Crippen LogP contribution in [-0.4, -0.2) is 49.3 Å². The fraction of sp³-hybridized carbons (Fsp3) is 0.579. The Morgan fingerprint density at radius 3 is 2.80 bits per heavy atom. The van der Waals surface area contributed by atoms with Crippen molar-refractivity contribution in [1.82, 2.24) is 4.90 Å². The summed E-state index contributed by atoms with van der Waals surface area (Å²) in [5.74, 6) is 0.271. The summed E-state index contributed by atoms with van der Waals surface area (Å²) in [4.78, 5) is 29.0. The Labute approximate surface area is 147 Å². The van der Waals surface area contributed by atoms with Gasteiger partial charge in [0.05, 0.1) is 11.7 Å². The Morgan fingerprint density at radius 2 is 2.00 bits per heavy atom. The standard InChI is InChI=1S/C19H24N2O4/c1-13-2-3-15-11-20(18(22)14-5-8-24-9-6-14)7-4-16-12-25-19(23)21(16)17(15)10-13/h2-3,10,14,16H,4-9,11-12H2,1H3. The zero-order valence-electron chi connectivity index (χ0n) is 14.6. The smallest absolute Gasteiger partial charge is 0.414 e. The highest BCUT2D eigenvalue weighted by Gasteiger charge is 2.38. The van der Waals surface area contributed by atoms with Crippen molar-refractivity contribution in [2.24, 2.45) is 5.92 Å². The number of benzene rings is 1. The predicted molar refractivity (Wildman–Crippen MR) is 92.4 cm³/mol. The molecule has 4 rings (SSSR count). The van der Waals surface area contributed by atoms with Gasteiger partial charge in [-0.2, -0.15) is 0 Å². The lowest BCUT2D eigenvalue weighted by Gasteiger charge is -2.35. The molecule has 25 heavy (non-hydrogen) atoms. The number of hydrogen-bond donors (Lipinski definition) is 0. The van der Waals surface area contributed by atoms with Crippen molar-refractivity contribution in [3.8, 4) is 0 Å². The third-order valence-corrected chi connectivity index (χ3v) is 5.44. The summed E-state index contributed by atoms with van der Waals surface area (Å²) < 4.78 is 10.7. The SMILES string of the molecule is Cc1ccc2c(c1)N1C(=O)OCC1CCN(C(=O)C1CCOCC1)C2. The minimum Gasteiger partial charge on any atom is -0.447 e. The van der Waals surface area contributed by atoms with E-state index in [1.54, 1.807) is 4.90 Å². The summed E-state index contributed by atoms with van der Waals surface area (Å²) in [5.41, 5.74) is 2.99. The van der Waals surface area contributed by atoms with E-state index in [1.165, 1.54) is 0 Å². The van der Waals surface area contributed by atoms with Crippen molar-refractivity contribution >= 4 is 17.7 Å². The number of ether oxygens (including phenoxy) is 2. The number of hydrogen-bond acceptors (Lipinski definition) is 4. The van der Waals surface area contributed by atoms with Crippen molar-refractivity contribution in [3.05, 3.63) is 29.3 Å². The number of anilines is 1. The maximum absolute atomic E-state index is 13.0. The average Bonchev–Trinajstić information content (AvgIpc) is 2.98. The molecule has 1 unspecified atom stereocenters. The van der Waals surface area contributed by atoms with Gasteiger partial charge < -0.3 is 14.4 Å². The van der Waals surface area contributed by atoms with Crippen LogP contribution in [0.5, 0.6) is 0 Å². The molecule has 2 fully saturated rings. The van der Waals surface area contributed by atoms with E-state index in [4.69, 9.17) is 9.47 Å². The van der Waals surface area contributed by atoms with E-state index in [2.05, 4.69) is 0 Å². The zero-order valence-corrected chi connectivity index (χ0v) is 14.6. The number of amides is 2. The van der Waals surface area contributed by atoms with Gasteiger partial charge in [-0.05, 0) is 43.4 Å². The highest BCUT2D eigenvalue weighted by atomic mass is 16.6. The minimum atomic E-state index is -0.277. The first-order valence-electron chi connectivity index (χ1n) is 9.05. The van der Waals surface area contributed by atoms with Crippen molar-refractivity contribution in [2.75, 3.05) is 31.3 Å². The second-order valence-electron chi connectivity index (χ2n) is 7.17. The number of rotatable bonds is 1. The Kier molecular flexibility index (Phi) is 4.37. The maximum Gasteiger partial charge on any atom is 0.414 e. The molecule has 0 radical (unpaired) electrons. The van der Waals surface area contributed by atoms with Crippen molar-refractivity contribution in [3.63, 3.8) is 0 Å². The van der Waals surface area contributed by atoms with Gasteiger partial charge in [0.1, 0.15) is 6.61 Å². The normalized spacial score (nSPS) is 24.2. The van der Waals surface area contributed by atoms with Gasteiger partial charge in [-0.3, -0.25) is 9.69 Å². The Hall–Kier alpha value is -2.08. The summed E-state index contributed by atoms with van der Waals surface area (Å²) in [6.07, 6.45) is 2.07. The number of aryl methyl sites for hydroxylation is 1. The molecule has 0 bridgehead atoms. The number of carbonyl (C=O) groups is 2. The van der Waals surface area contributed by atoms with Crippen molar-refractivity contribution in [1.29, 1.82) is 0 Å². The number of cyclic esters (lactones) is 1. The van der Waals surface area contributed by atoms with Crippen LogP contribution in [0.1, 0.15) is 30.4 Å². The van der Waals surface area contributed by atoms with E-state index < -0.39 is 0 Å². The van der Waals surface area contributed by atoms with Crippen LogP contribution in [0.4, 0.5) is 10.5 Å². The quantitative estimate of drug-likeness (QED) is 0.785. The second kappa shape index (κ2) is 6.67. The highest BCUT2D eigenvalue weighted by molar-refractivity contribution is 5.91. The summed E-state index contributed by atoms with van der Waals surface area (Å²) in [5, 5.41) is 0. The fourth-order valence-corrected chi connectivity index (χ4v) is 3.98. The van der Waals surface area contributed by atoms with Crippen LogP contribution >= 0.6 is 0 Å². The Morgan fingerprint density at radius 1 is 1.20 bits per heavy atom.